The molecule has 2 unspecified atom stereocenters. The predicted octanol–water partition coefficient (Wildman–Crippen LogP) is 5.03. The van der Waals surface area contributed by atoms with Crippen LogP contribution < -0.4 is 0 Å². The van der Waals surface area contributed by atoms with Crippen LogP contribution in [0.5, 0.6) is 0 Å². The topological polar surface area (TPSA) is 18.5 Å². The van der Waals surface area contributed by atoms with E-state index in [9.17, 15) is 0 Å². The molecule has 0 rings (SSSR count). The van der Waals surface area contributed by atoms with E-state index in [1.165, 1.54) is 0 Å². The van der Waals surface area contributed by atoms with Crippen molar-refractivity contribution in [3.8, 4) is 0 Å². The van der Waals surface area contributed by atoms with Crippen LogP contribution in [0.2, 0.25) is 52.4 Å². The molecule has 0 bridgehead atoms. The first-order valence-electron chi connectivity index (χ1n) is 7.69. The average molecular weight is 321 g/mol. The second-order valence-corrected chi connectivity index (χ2v) is 22.0. The zero-order valence-electron chi connectivity index (χ0n) is 14.9. The van der Waals surface area contributed by atoms with Crippen LogP contribution in [-0.2, 0) is 8.85 Å². The first kappa shape index (κ1) is 19.6. The summed E-state index contributed by atoms with van der Waals surface area (Å²) >= 11 is 0. The van der Waals surface area contributed by atoms with Gasteiger partial charge in [-0.05, 0) is 45.6 Å². The molecule has 0 saturated carbocycles. The van der Waals surface area contributed by atoms with E-state index in [1.807, 2.05) is 0 Å². The van der Waals surface area contributed by atoms with Crippen molar-refractivity contribution in [3.63, 3.8) is 0 Å². The molecule has 0 aromatic rings. The Kier molecular flexibility index (Phi) is 7.23. The van der Waals surface area contributed by atoms with E-state index in [0.717, 1.165) is 12.8 Å². The monoisotopic (exact) mass is 320 g/mol. The molecule has 0 spiro atoms. The SMILES string of the molecule is CCC(O[Si](C)(C)C(CC)O[Si](C)(C)C)[Si](C)(C)C. The highest BCUT2D eigenvalue weighted by Gasteiger charge is 2.40. The molecule has 0 radical (unpaired) electrons. The molecule has 116 valence electrons. The van der Waals surface area contributed by atoms with Crippen molar-refractivity contribution in [2.45, 2.75) is 90.5 Å². The van der Waals surface area contributed by atoms with E-state index >= 15 is 0 Å². The van der Waals surface area contributed by atoms with Gasteiger partial charge in [-0.15, -0.1) is 0 Å². The molecule has 0 amide bonds. The van der Waals surface area contributed by atoms with Crippen LogP contribution in [0.3, 0.4) is 0 Å². The van der Waals surface area contributed by atoms with Crippen LogP contribution in [0.15, 0.2) is 0 Å². The van der Waals surface area contributed by atoms with Crippen molar-refractivity contribution in [2.75, 3.05) is 0 Å². The summed E-state index contributed by atoms with van der Waals surface area (Å²) in [5, 5.41) is 0. The second-order valence-electron chi connectivity index (χ2n) is 8.11. The van der Waals surface area contributed by atoms with E-state index < -0.39 is 24.7 Å². The molecule has 0 aromatic heterocycles. The lowest BCUT2D eigenvalue weighted by molar-refractivity contribution is 0.183. The van der Waals surface area contributed by atoms with Gasteiger partial charge in [0.2, 0.25) is 8.32 Å². The summed E-state index contributed by atoms with van der Waals surface area (Å²) in [6, 6.07) is 0. The van der Waals surface area contributed by atoms with E-state index in [0.29, 0.717) is 11.5 Å². The Morgan fingerprint density at radius 1 is 0.684 bits per heavy atom. The number of rotatable bonds is 8. The molecule has 0 N–H and O–H groups in total. The lowest BCUT2D eigenvalue weighted by Crippen LogP contribution is -2.55. The Morgan fingerprint density at radius 2 is 1.11 bits per heavy atom. The molecule has 0 aromatic carbocycles. The summed E-state index contributed by atoms with van der Waals surface area (Å²) < 4.78 is 13.0. The fourth-order valence-corrected chi connectivity index (χ4v) is 11.3. The fraction of sp³-hybridized carbons (Fsp3) is 1.00. The van der Waals surface area contributed by atoms with Crippen LogP contribution in [0.4, 0.5) is 0 Å². The maximum absolute atomic E-state index is 6.65. The minimum absolute atomic E-state index is 0.338. The van der Waals surface area contributed by atoms with Gasteiger partial charge in [-0.3, -0.25) is 0 Å². The van der Waals surface area contributed by atoms with Gasteiger partial charge in [0.05, 0.1) is 13.8 Å². The Hall–Kier alpha value is 0.571. The summed E-state index contributed by atoms with van der Waals surface area (Å²) in [6.07, 6.45) is 2.21. The van der Waals surface area contributed by atoms with Crippen molar-refractivity contribution in [2.24, 2.45) is 0 Å². The molecule has 0 aliphatic carbocycles. The third kappa shape index (κ3) is 7.22. The smallest absolute Gasteiger partial charge is 0.213 e. The Bertz CT molecular complexity index is 267. The highest BCUT2D eigenvalue weighted by molar-refractivity contribution is 6.80. The summed E-state index contributed by atoms with van der Waals surface area (Å²) in [4.78, 5) is 0. The summed E-state index contributed by atoms with van der Waals surface area (Å²) in [7, 11) is -4.53. The maximum atomic E-state index is 6.65. The molecule has 2 nitrogen and oxygen atoms in total. The van der Waals surface area contributed by atoms with Gasteiger partial charge in [0.15, 0.2) is 8.32 Å². The van der Waals surface area contributed by atoms with E-state index in [4.69, 9.17) is 8.85 Å². The van der Waals surface area contributed by atoms with Crippen molar-refractivity contribution >= 4 is 24.7 Å². The minimum atomic E-state index is -1.79. The van der Waals surface area contributed by atoms with Crippen LogP contribution in [0.25, 0.3) is 0 Å². The summed E-state index contributed by atoms with van der Waals surface area (Å²) in [6.45, 7) is 23.2. The van der Waals surface area contributed by atoms with E-state index in [-0.39, 0.29) is 0 Å². The lowest BCUT2D eigenvalue weighted by Gasteiger charge is -2.41. The minimum Gasteiger partial charge on any atom is -0.415 e. The summed E-state index contributed by atoms with van der Waals surface area (Å²) in [5.74, 6) is 0. The molecule has 0 heterocycles. The molecular weight excluding hydrogens is 284 g/mol. The highest BCUT2D eigenvalue weighted by Crippen LogP contribution is 2.26. The molecule has 0 aliphatic heterocycles. The summed E-state index contributed by atoms with van der Waals surface area (Å²) in [5.41, 5.74) is 0.804. The van der Waals surface area contributed by atoms with Gasteiger partial charge in [-0.1, -0.05) is 33.5 Å². The Morgan fingerprint density at radius 3 is 1.37 bits per heavy atom. The van der Waals surface area contributed by atoms with Gasteiger partial charge in [-0.25, -0.2) is 0 Å². The second kappa shape index (κ2) is 7.02. The van der Waals surface area contributed by atoms with Crippen molar-refractivity contribution in [3.05, 3.63) is 0 Å². The van der Waals surface area contributed by atoms with Crippen LogP contribution in [0, 0.1) is 0 Å². The number of hydrogen-bond acceptors (Lipinski definition) is 2. The molecule has 5 heteroatoms. The molecular formula is C14H36O2Si3. The van der Waals surface area contributed by atoms with Crippen molar-refractivity contribution < 1.29 is 8.85 Å². The standard InChI is InChI=1S/C14H36O2Si3/c1-11-13(17(3,4)5)16-19(9,10)14(12-2)15-18(6,7)8/h13-14H,11-12H2,1-10H3. The van der Waals surface area contributed by atoms with Gasteiger partial charge < -0.3 is 8.85 Å². The fourth-order valence-electron chi connectivity index (χ4n) is 2.46. The first-order valence-corrected chi connectivity index (χ1v) is 17.7. The van der Waals surface area contributed by atoms with E-state index in [1.54, 1.807) is 0 Å². The Balaban J connectivity index is 4.91. The van der Waals surface area contributed by atoms with Gasteiger partial charge in [0, 0.05) is 5.73 Å². The Labute approximate surface area is 124 Å². The molecule has 0 saturated heterocycles. The average Bonchev–Trinajstić information content (AvgIpc) is 2.19. The van der Waals surface area contributed by atoms with E-state index in [2.05, 4.69) is 66.2 Å². The predicted molar refractivity (Wildman–Crippen MR) is 94.5 cm³/mol. The van der Waals surface area contributed by atoms with Crippen molar-refractivity contribution in [1.82, 2.24) is 0 Å². The molecule has 2 atom stereocenters. The molecule has 19 heavy (non-hydrogen) atoms. The molecule has 0 fully saturated rings. The van der Waals surface area contributed by atoms with Gasteiger partial charge >= 0.3 is 0 Å². The van der Waals surface area contributed by atoms with Crippen molar-refractivity contribution in [1.29, 1.82) is 0 Å². The van der Waals surface area contributed by atoms with Gasteiger partial charge in [0.25, 0.3) is 0 Å². The lowest BCUT2D eigenvalue weighted by atomic mass is 10.5. The third-order valence-corrected chi connectivity index (χ3v) is 10.3. The molecule has 0 aliphatic rings. The van der Waals surface area contributed by atoms with Crippen LogP contribution in [0.1, 0.15) is 26.7 Å². The number of hydrogen-bond donors (Lipinski definition) is 0. The first-order chi connectivity index (χ1) is 8.33. The van der Waals surface area contributed by atoms with Crippen LogP contribution in [-0.4, -0.2) is 36.2 Å². The quantitative estimate of drug-likeness (QED) is 0.584. The zero-order chi connectivity index (χ0) is 15.5. The normalized spacial score (nSPS) is 17.4. The maximum Gasteiger partial charge on any atom is 0.213 e. The van der Waals surface area contributed by atoms with Gasteiger partial charge in [0.1, 0.15) is 0 Å². The van der Waals surface area contributed by atoms with Crippen LogP contribution >= 0.6 is 0 Å². The third-order valence-electron chi connectivity index (χ3n) is 3.42. The zero-order valence-corrected chi connectivity index (χ0v) is 17.9. The van der Waals surface area contributed by atoms with Gasteiger partial charge in [-0.2, -0.15) is 0 Å². The highest BCUT2D eigenvalue weighted by atomic mass is 28.4. The largest absolute Gasteiger partial charge is 0.415 e.